The molecule has 0 bridgehead atoms. The molecule has 0 aromatic heterocycles. The predicted molar refractivity (Wildman–Crippen MR) is 62.1 cm³/mol. The van der Waals surface area contributed by atoms with Crippen LogP contribution in [0.5, 0.6) is 0 Å². The molecule has 0 fully saturated rings. The van der Waals surface area contributed by atoms with Crippen molar-refractivity contribution in [1.29, 1.82) is 5.26 Å². The molecule has 0 aliphatic carbocycles. The standard InChI is InChI=1S/C11H7Cl2NO2/c1-16-11(15)8(6-14)5-7-3-2-4-9(12)10(7)13/h2-5H,1H3/b8-5-. The van der Waals surface area contributed by atoms with Crippen LogP contribution in [0.1, 0.15) is 5.56 Å². The van der Waals surface area contributed by atoms with Gasteiger partial charge in [-0.3, -0.25) is 0 Å². The maximum atomic E-state index is 11.2. The van der Waals surface area contributed by atoms with Crippen LogP contribution in [0.15, 0.2) is 23.8 Å². The molecule has 0 spiro atoms. The molecular formula is C11H7Cl2NO2. The van der Waals surface area contributed by atoms with Gasteiger partial charge in [-0.2, -0.15) is 5.26 Å². The maximum Gasteiger partial charge on any atom is 0.348 e. The Bertz CT molecular complexity index is 489. The first kappa shape index (κ1) is 12.6. The number of carbonyl (C=O) groups excluding carboxylic acids is 1. The fourth-order valence-corrected chi connectivity index (χ4v) is 1.40. The van der Waals surface area contributed by atoms with E-state index in [4.69, 9.17) is 28.5 Å². The number of ether oxygens (including phenoxy) is 1. The van der Waals surface area contributed by atoms with Gasteiger partial charge in [0, 0.05) is 0 Å². The molecular weight excluding hydrogens is 249 g/mol. The molecule has 1 rings (SSSR count). The molecule has 0 N–H and O–H groups in total. The number of nitrogens with zero attached hydrogens (tertiary/aromatic N) is 1. The highest BCUT2D eigenvalue weighted by atomic mass is 35.5. The average molecular weight is 256 g/mol. The van der Waals surface area contributed by atoms with Gasteiger partial charge < -0.3 is 4.74 Å². The zero-order chi connectivity index (χ0) is 12.1. The van der Waals surface area contributed by atoms with E-state index in [0.717, 1.165) is 0 Å². The fourth-order valence-electron chi connectivity index (χ4n) is 1.03. The summed E-state index contributed by atoms with van der Waals surface area (Å²) in [4.78, 5) is 11.2. The number of esters is 1. The van der Waals surface area contributed by atoms with E-state index < -0.39 is 5.97 Å². The van der Waals surface area contributed by atoms with E-state index in [0.29, 0.717) is 15.6 Å². The number of hydrogen-bond acceptors (Lipinski definition) is 3. The van der Waals surface area contributed by atoms with Crippen LogP contribution in [0.4, 0.5) is 0 Å². The van der Waals surface area contributed by atoms with E-state index in [2.05, 4.69) is 4.74 Å². The summed E-state index contributed by atoms with van der Waals surface area (Å²) >= 11 is 11.7. The first-order valence-corrected chi connectivity index (χ1v) is 5.00. The molecule has 16 heavy (non-hydrogen) atoms. The summed E-state index contributed by atoms with van der Waals surface area (Å²) in [5.41, 5.74) is 0.364. The highest BCUT2D eigenvalue weighted by Crippen LogP contribution is 2.27. The summed E-state index contributed by atoms with van der Waals surface area (Å²) < 4.78 is 4.44. The smallest absolute Gasteiger partial charge is 0.348 e. The Morgan fingerprint density at radius 2 is 2.19 bits per heavy atom. The monoisotopic (exact) mass is 255 g/mol. The van der Waals surface area contributed by atoms with Crippen molar-refractivity contribution in [3.05, 3.63) is 39.4 Å². The second kappa shape index (κ2) is 5.55. The first-order valence-electron chi connectivity index (χ1n) is 4.24. The van der Waals surface area contributed by atoms with Crippen molar-refractivity contribution in [2.45, 2.75) is 0 Å². The second-order valence-corrected chi connectivity index (χ2v) is 3.59. The third-order valence-corrected chi connectivity index (χ3v) is 2.64. The number of rotatable bonds is 2. The molecule has 0 heterocycles. The molecule has 1 aromatic carbocycles. The Kier molecular flexibility index (Phi) is 4.36. The molecule has 0 unspecified atom stereocenters. The molecule has 3 nitrogen and oxygen atoms in total. The van der Waals surface area contributed by atoms with Crippen LogP contribution >= 0.6 is 23.2 Å². The minimum absolute atomic E-state index is 0.133. The van der Waals surface area contributed by atoms with Gasteiger partial charge in [-0.1, -0.05) is 35.3 Å². The van der Waals surface area contributed by atoms with Crippen molar-refractivity contribution in [3.63, 3.8) is 0 Å². The summed E-state index contributed by atoms with van der Waals surface area (Å²) in [6.07, 6.45) is 1.33. The highest BCUT2D eigenvalue weighted by molar-refractivity contribution is 6.42. The van der Waals surface area contributed by atoms with Gasteiger partial charge in [0.1, 0.15) is 11.6 Å². The van der Waals surface area contributed by atoms with Crippen molar-refractivity contribution in [2.24, 2.45) is 0 Å². The van der Waals surface area contributed by atoms with Crippen molar-refractivity contribution < 1.29 is 9.53 Å². The molecule has 0 amide bonds. The SMILES string of the molecule is COC(=O)/C(C#N)=C\c1cccc(Cl)c1Cl. The molecule has 0 saturated carbocycles. The van der Waals surface area contributed by atoms with Crippen LogP contribution < -0.4 is 0 Å². The third kappa shape index (κ3) is 2.75. The van der Waals surface area contributed by atoms with E-state index >= 15 is 0 Å². The Balaban J connectivity index is 3.20. The maximum absolute atomic E-state index is 11.2. The van der Waals surface area contributed by atoms with Gasteiger partial charge in [-0.05, 0) is 17.7 Å². The molecule has 0 saturated heterocycles. The predicted octanol–water partition coefficient (Wildman–Crippen LogP) is 3.07. The summed E-state index contributed by atoms with van der Waals surface area (Å²) in [6.45, 7) is 0. The zero-order valence-electron chi connectivity index (χ0n) is 8.33. The van der Waals surface area contributed by atoms with E-state index in [1.165, 1.54) is 13.2 Å². The van der Waals surface area contributed by atoms with E-state index in [-0.39, 0.29) is 5.57 Å². The summed E-state index contributed by atoms with van der Waals surface area (Å²) in [7, 11) is 1.20. The van der Waals surface area contributed by atoms with Gasteiger partial charge in [0.05, 0.1) is 17.2 Å². The Morgan fingerprint density at radius 1 is 1.50 bits per heavy atom. The van der Waals surface area contributed by atoms with E-state index in [9.17, 15) is 4.79 Å². The van der Waals surface area contributed by atoms with Crippen molar-refractivity contribution in [2.75, 3.05) is 7.11 Å². The lowest BCUT2D eigenvalue weighted by atomic mass is 10.1. The number of hydrogen-bond donors (Lipinski definition) is 0. The second-order valence-electron chi connectivity index (χ2n) is 2.80. The molecule has 1 aromatic rings. The average Bonchev–Trinajstić information content (AvgIpc) is 2.30. The molecule has 0 radical (unpaired) electrons. The normalized spacial score (nSPS) is 10.8. The fraction of sp³-hybridized carbons (Fsp3) is 0.0909. The van der Waals surface area contributed by atoms with Gasteiger partial charge in [-0.25, -0.2) is 4.79 Å². The molecule has 82 valence electrons. The largest absolute Gasteiger partial charge is 0.465 e. The van der Waals surface area contributed by atoms with Crippen molar-refractivity contribution >= 4 is 35.2 Å². The number of carbonyl (C=O) groups is 1. The van der Waals surface area contributed by atoms with Crippen LogP contribution in [-0.4, -0.2) is 13.1 Å². The Hall–Kier alpha value is -1.50. The lowest BCUT2D eigenvalue weighted by Crippen LogP contribution is -2.02. The first-order chi connectivity index (χ1) is 7.60. The number of methoxy groups -OCH3 is 1. The van der Waals surface area contributed by atoms with E-state index in [1.807, 2.05) is 0 Å². The van der Waals surface area contributed by atoms with Crippen LogP contribution in [-0.2, 0) is 9.53 Å². The van der Waals surface area contributed by atoms with Crippen LogP contribution in [0.25, 0.3) is 6.08 Å². The summed E-state index contributed by atoms with van der Waals surface area (Å²) in [5, 5.41) is 9.41. The minimum Gasteiger partial charge on any atom is -0.465 e. The van der Waals surface area contributed by atoms with Crippen LogP contribution in [0.3, 0.4) is 0 Å². The minimum atomic E-state index is -0.710. The van der Waals surface area contributed by atoms with Gasteiger partial charge in [0.2, 0.25) is 0 Å². The molecule has 0 aliphatic rings. The van der Waals surface area contributed by atoms with Gasteiger partial charge >= 0.3 is 5.97 Å². The van der Waals surface area contributed by atoms with Gasteiger partial charge in [-0.15, -0.1) is 0 Å². The molecule has 0 aliphatic heterocycles. The Labute approximate surface area is 103 Å². The third-order valence-electron chi connectivity index (χ3n) is 1.81. The summed E-state index contributed by atoms with van der Waals surface area (Å²) in [5.74, 6) is -0.710. The van der Waals surface area contributed by atoms with E-state index in [1.54, 1.807) is 24.3 Å². The highest BCUT2D eigenvalue weighted by Gasteiger charge is 2.10. The van der Waals surface area contributed by atoms with Gasteiger partial charge in [0.15, 0.2) is 0 Å². The van der Waals surface area contributed by atoms with Gasteiger partial charge in [0.25, 0.3) is 0 Å². The van der Waals surface area contributed by atoms with Crippen LogP contribution in [0.2, 0.25) is 10.0 Å². The lowest BCUT2D eigenvalue weighted by molar-refractivity contribution is -0.135. The Morgan fingerprint density at radius 3 is 2.75 bits per heavy atom. The zero-order valence-corrected chi connectivity index (χ0v) is 9.84. The van der Waals surface area contributed by atoms with Crippen molar-refractivity contribution in [1.82, 2.24) is 0 Å². The number of nitriles is 1. The number of benzene rings is 1. The topological polar surface area (TPSA) is 50.1 Å². The van der Waals surface area contributed by atoms with Crippen molar-refractivity contribution in [3.8, 4) is 6.07 Å². The molecule has 0 atom stereocenters. The quantitative estimate of drug-likeness (QED) is 0.464. The lowest BCUT2D eigenvalue weighted by Gasteiger charge is -2.01. The summed E-state index contributed by atoms with van der Waals surface area (Å²) in [6, 6.07) is 6.67. The molecule has 5 heteroatoms. The van der Waals surface area contributed by atoms with Crippen LogP contribution in [0, 0.1) is 11.3 Å². The number of halogens is 2.